The third kappa shape index (κ3) is 3.03. The molecular formula is C12H22N2O. The van der Waals surface area contributed by atoms with Crippen molar-refractivity contribution in [3.8, 4) is 0 Å². The van der Waals surface area contributed by atoms with Gasteiger partial charge in [-0.3, -0.25) is 4.90 Å². The second-order valence-electron chi connectivity index (χ2n) is 4.76. The van der Waals surface area contributed by atoms with Crippen molar-refractivity contribution in [2.45, 2.75) is 31.9 Å². The van der Waals surface area contributed by atoms with E-state index in [0.29, 0.717) is 12.1 Å². The molecule has 2 aliphatic heterocycles. The summed E-state index contributed by atoms with van der Waals surface area (Å²) < 4.78 is 5.35. The summed E-state index contributed by atoms with van der Waals surface area (Å²) in [6.45, 7) is 6.76. The van der Waals surface area contributed by atoms with E-state index in [9.17, 15) is 0 Å². The molecule has 1 fully saturated rings. The van der Waals surface area contributed by atoms with Gasteiger partial charge in [-0.25, -0.2) is 0 Å². The maximum atomic E-state index is 5.35. The van der Waals surface area contributed by atoms with Crippen LogP contribution in [0.4, 0.5) is 0 Å². The molecule has 0 radical (unpaired) electrons. The average molecular weight is 210 g/mol. The van der Waals surface area contributed by atoms with E-state index in [-0.39, 0.29) is 0 Å². The summed E-state index contributed by atoms with van der Waals surface area (Å²) in [5.74, 6) is 0. The first-order valence-corrected chi connectivity index (χ1v) is 5.92. The summed E-state index contributed by atoms with van der Waals surface area (Å²) in [4.78, 5) is 2.53. The highest BCUT2D eigenvalue weighted by atomic mass is 16.5. The molecule has 15 heavy (non-hydrogen) atoms. The number of methoxy groups -OCH3 is 1. The zero-order valence-electron chi connectivity index (χ0n) is 9.83. The molecule has 0 amide bonds. The van der Waals surface area contributed by atoms with Crippen LogP contribution in [0.15, 0.2) is 11.6 Å². The molecule has 0 saturated carbocycles. The standard InChI is InChI=1S/C12H22N2O/c1-10-3-5-14(6-4-10)9-11-7-12(15-2)8-13-11/h3,11-13H,4-9H2,1-2H3. The van der Waals surface area contributed by atoms with Crippen molar-refractivity contribution in [2.24, 2.45) is 0 Å². The van der Waals surface area contributed by atoms with Gasteiger partial charge in [0.15, 0.2) is 0 Å². The zero-order valence-corrected chi connectivity index (χ0v) is 9.83. The first kappa shape index (κ1) is 11.1. The largest absolute Gasteiger partial charge is 0.380 e. The van der Waals surface area contributed by atoms with Crippen molar-refractivity contribution in [2.75, 3.05) is 33.3 Å². The van der Waals surface area contributed by atoms with E-state index in [2.05, 4.69) is 23.2 Å². The van der Waals surface area contributed by atoms with Crippen molar-refractivity contribution < 1.29 is 4.74 Å². The summed E-state index contributed by atoms with van der Waals surface area (Å²) in [6.07, 6.45) is 5.18. The molecule has 0 aromatic heterocycles. The molecule has 1 N–H and O–H groups in total. The predicted octanol–water partition coefficient (Wildman–Crippen LogP) is 1.02. The van der Waals surface area contributed by atoms with Crippen molar-refractivity contribution in [1.82, 2.24) is 10.2 Å². The molecule has 2 heterocycles. The first-order valence-electron chi connectivity index (χ1n) is 5.92. The highest BCUT2D eigenvalue weighted by Gasteiger charge is 2.25. The third-order valence-corrected chi connectivity index (χ3v) is 3.51. The van der Waals surface area contributed by atoms with E-state index in [1.54, 1.807) is 5.57 Å². The van der Waals surface area contributed by atoms with Crippen LogP contribution in [0.2, 0.25) is 0 Å². The zero-order chi connectivity index (χ0) is 10.7. The molecule has 2 aliphatic rings. The Hall–Kier alpha value is -0.380. The van der Waals surface area contributed by atoms with Gasteiger partial charge in [-0.1, -0.05) is 11.6 Å². The highest BCUT2D eigenvalue weighted by molar-refractivity contribution is 5.04. The molecule has 86 valence electrons. The maximum absolute atomic E-state index is 5.35. The Bertz CT molecular complexity index is 240. The van der Waals surface area contributed by atoms with Crippen molar-refractivity contribution >= 4 is 0 Å². The number of hydrogen-bond donors (Lipinski definition) is 1. The van der Waals surface area contributed by atoms with Crippen LogP contribution in [0.25, 0.3) is 0 Å². The Morgan fingerprint density at radius 1 is 1.60 bits per heavy atom. The Balaban J connectivity index is 1.74. The van der Waals surface area contributed by atoms with Gasteiger partial charge in [-0.2, -0.15) is 0 Å². The molecule has 0 aromatic rings. The summed E-state index contributed by atoms with van der Waals surface area (Å²) >= 11 is 0. The fourth-order valence-electron chi connectivity index (χ4n) is 2.39. The van der Waals surface area contributed by atoms with Gasteiger partial charge in [0.05, 0.1) is 6.10 Å². The summed E-state index contributed by atoms with van der Waals surface area (Å²) in [6, 6.07) is 0.627. The minimum atomic E-state index is 0.428. The maximum Gasteiger partial charge on any atom is 0.0711 e. The number of nitrogens with one attached hydrogen (secondary N) is 1. The van der Waals surface area contributed by atoms with Crippen molar-refractivity contribution in [3.63, 3.8) is 0 Å². The normalized spacial score (nSPS) is 33.1. The first-order chi connectivity index (χ1) is 7.28. The molecule has 0 aromatic carbocycles. The summed E-state index contributed by atoms with van der Waals surface area (Å²) in [5, 5.41) is 3.53. The molecule has 2 atom stereocenters. The second kappa shape index (κ2) is 5.10. The second-order valence-corrected chi connectivity index (χ2v) is 4.76. The SMILES string of the molecule is COC1CNC(CN2CC=C(C)CC2)C1. The fraction of sp³-hybridized carbons (Fsp3) is 0.833. The Labute approximate surface area is 92.5 Å². The lowest BCUT2D eigenvalue weighted by Crippen LogP contribution is -2.39. The van der Waals surface area contributed by atoms with Gasteiger partial charge in [-0.15, -0.1) is 0 Å². The summed E-state index contributed by atoms with van der Waals surface area (Å²) in [5.41, 5.74) is 1.54. The number of rotatable bonds is 3. The van der Waals surface area contributed by atoms with Crippen LogP contribution in [0.3, 0.4) is 0 Å². The molecule has 1 saturated heterocycles. The number of hydrogen-bond acceptors (Lipinski definition) is 3. The molecule has 3 nitrogen and oxygen atoms in total. The average Bonchev–Trinajstić information content (AvgIpc) is 2.69. The van der Waals surface area contributed by atoms with E-state index in [0.717, 1.165) is 19.5 Å². The van der Waals surface area contributed by atoms with Gasteiger partial charge in [0.25, 0.3) is 0 Å². The molecule has 3 heteroatoms. The Morgan fingerprint density at radius 3 is 3.07 bits per heavy atom. The molecule has 0 aliphatic carbocycles. The van der Waals surface area contributed by atoms with Gasteiger partial charge < -0.3 is 10.1 Å². The minimum absolute atomic E-state index is 0.428. The quantitative estimate of drug-likeness (QED) is 0.704. The number of ether oxygens (including phenoxy) is 1. The van der Waals surface area contributed by atoms with Gasteiger partial charge in [0.2, 0.25) is 0 Å². The van der Waals surface area contributed by atoms with Crippen LogP contribution in [0.1, 0.15) is 19.8 Å². The van der Waals surface area contributed by atoms with Crippen molar-refractivity contribution in [3.05, 3.63) is 11.6 Å². The van der Waals surface area contributed by atoms with Crippen LogP contribution < -0.4 is 5.32 Å². The van der Waals surface area contributed by atoms with Crippen LogP contribution in [0, 0.1) is 0 Å². The van der Waals surface area contributed by atoms with Gasteiger partial charge in [0.1, 0.15) is 0 Å². The Kier molecular flexibility index (Phi) is 3.78. The monoisotopic (exact) mass is 210 g/mol. The van der Waals surface area contributed by atoms with E-state index >= 15 is 0 Å². The predicted molar refractivity (Wildman–Crippen MR) is 62.0 cm³/mol. The van der Waals surface area contributed by atoms with Crippen LogP contribution in [0.5, 0.6) is 0 Å². The summed E-state index contributed by atoms with van der Waals surface area (Å²) in [7, 11) is 1.81. The van der Waals surface area contributed by atoms with Gasteiger partial charge >= 0.3 is 0 Å². The topological polar surface area (TPSA) is 24.5 Å². The van der Waals surface area contributed by atoms with Crippen molar-refractivity contribution in [1.29, 1.82) is 0 Å². The van der Waals surface area contributed by atoms with Crippen LogP contribution in [-0.4, -0.2) is 50.3 Å². The lowest BCUT2D eigenvalue weighted by atomic mass is 10.1. The molecule has 0 spiro atoms. The van der Waals surface area contributed by atoms with Crippen LogP contribution in [-0.2, 0) is 4.74 Å². The van der Waals surface area contributed by atoms with E-state index < -0.39 is 0 Å². The number of nitrogens with zero attached hydrogens (tertiary/aromatic N) is 1. The molecule has 2 rings (SSSR count). The highest BCUT2D eigenvalue weighted by Crippen LogP contribution is 2.14. The van der Waals surface area contributed by atoms with E-state index in [1.165, 1.54) is 19.5 Å². The van der Waals surface area contributed by atoms with E-state index in [4.69, 9.17) is 4.74 Å². The lowest BCUT2D eigenvalue weighted by molar-refractivity contribution is 0.115. The lowest BCUT2D eigenvalue weighted by Gasteiger charge is -2.27. The smallest absolute Gasteiger partial charge is 0.0711 e. The van der Waals surface area contributed by atoms with Crippen LogP contribution >= 0.6 is 0 Å². The molecule has 2 unspecified atom stereocenters. The Morgan fingerprint density at radius 2 is 2.47 bits per heavy atom. The molecular weight excluding hydrogens is 188 g/mol. The minimum Gasteiger partial charge on any atom is -0.380 e. The molecule has 0 bridgehead atoms. The van der Waals surface area contributed by atoms with E-state index in [1.807, 2.05) is 7.11 Å². The van der Waals surface area contributed by atoms with Gasteiger partial charge in [0, 0.05) is 39.3 Å². The van der Waals surface area contributed by atoms with Gasteiger partial charge in [-0.05, 0) is 19.8 Å². The third-order valence-electron chi connectivity index (χ3n) is 3.51. The fourth-order valence-corrected chi connectivity index (χ4v) is 2.39.